The molecule has 0 unspecified atom stereocenters. The fourth-order valence-corrected chi connectivity index (χ4v) is 2.29. The SMILES string of the molecule is CC(C)(C)O.CCOC(=O)Cc1c(C)c(F)c2cc(C)ccc2c1O. The van der Waals surface area contributed by atoms with Gasteiger partial charge in [0.25, 0.3) is 0 Å². The maximum absolute atomic E-state index is 14.4. The van der Waals surface area contributed by atoms with Gasteiger partial charge in [-0.1, -0.05) is 17.7 Å². The Morgan fingerprint density at radius 1 is 1.20 bits per heavy atom. The van der Waals surface area contributed by atoms with Gasteiger partial charge in [-0.3, -0.25) is 4.79 Å². The molecule has 2 aromatic rings. The number of carbonyl (C=O) groups excluding carboxylic acids is 1. The molecule has 5 heteroatoms. The Morgan fingerprint density at radius 2 is 1.76 bits per heavy atom. The number of fused-ring (bicyclic) bond motifs is 1. The van der Waals surface area contributed by atoms with Crippen LogP contribution in [0.5, 0.6) is 5.75 Å². The number of benzene rings is 2. The Hall–Kier alpha value is -2.14. The Balaban J connectivity index is 0.000000550. The molecule has 0 heterocycles. The van der Waals surface area contributed by atoms with Gasteiger partial charge in [0, 0.05) is 16.3 Å². The number of phenolic OH excluding ortho intramolecular Hbond substituents is 1. The smallest absolute Gasteiger partial charge is 0.310 e. The number of phenols is 1. The number of aromatic hydroxyl groups is 1. The Morgan fingerprint density at radius 3 is 2.28 bits per heavy atom. The average Bonchev–Trinajstić information content (AvgIpc) is 2.48. The fourth-order valence-electron chi connectivity index (χ4n) is 2.29. The summed E-state index contributed by atoms with van der Waals surface area (Å²) in [6, 6.07) is 5.15. The highest BCUT2D eigenvalue weighted by Crippen LogP contribution is 2.35. The number of hydrogen-bond donors (Lipinski definition) is 2. The van der Waals surface area contributed by atoms with Gasteiger partial charge in [-0.2, -0.15) is 0 Å². The van der Waals surface area contributed by atoms with Crippen molar-refractivity contribution in [1.29, 1.82) is 0 Å². The monoisotopic (exact) mass is 350 g/mol. The molecule has 0 radical (unpaired) electrons. The van der Waals surface area contributed by atoms with E-state index in [1.165, 1.54) is 0 Å². The van der Waals surface area contributed by atoms with Crippen LogP contribution in [0.25, 0.3) is 10.8 Å². The first-order chi connectivity index (χ1) is 11.5. The van der Waals surface area contributed by atoms with Gasteiger partial charge >= 0.3 is 5.97 Å². The zero-order chi connectivity index (χ0) is 19.4. The first-order valence-corrected chi connectivity index (χ1v) is 8.24. The van der Waals surface area contributed by atoms with Crippen LogP contribution in [-0.2, 0) is 16.0 Å². The number of ether oxygens (including phenoxy) is 1. The van der Waals surface area contributed by atoms with Gasteiger partial charge in [0.1, 0.15) is 11.6 Å². The summed E-state index contributed by atoms with van der Waals surface area (Å²) >= 11 is 0. The topological polar surface area (TPSA) is 66.8 Å². The van der Waals surface area contributed by atoms with Crippen LogP contribution in [0.3, 0.4) is 0 Å². The Bertz CT molecular complexity index is 755. The van der Waals surface area contributed by atoms with Crippen molar-refractivity contribution in [1.82, 2.24) is 0 Å². The highest BCUT2D eigenvalue weighted by molar-refractivity contribution is 5.92. The van der Waals surface area contributed by atoms with E-state index < -0.39 is 17.4 Å². The van der Waals surface area contributed by atoms with E-state index in [0.717, 1.165) is 5.56 Å². The average molecular weight is 350 g/mol. The first-order valence-electron chi connectivity index (χ1n) is 8.24. The Kier molecular flexibility index (Phi) is 6.94. The van der Waals surface area contributed by atoms with E-state index in [-0.39, 0.29) is 29.9 Å². The van der Waals surface area contributed by atoms with Crippen molar-refractivity contribution >= 4 is 16.7 Å². The van der Waals surface area contributed by atoms with Crippen LogP contribution in [-0.4, -0.2) is 28.4 Å². The second-order valence-corrected chi connectivity index (χ2v) is 6.97. The summed E-state index contributed by atoms with van der Waals surface area (Å²) in [5.41, 5.74) is 0.985. The van der Waals surface area contributed by atoms with E-state index in [4.69, 9.17) is 9.84 Å². The lowest BCUT2D eigenvalue weighted by Crippen LogP contribution is -2.10. The predicted octanol–water partition coefficient (Wildman–Crippen LogP) is 4.18. The van der Waals surface area contributed by atoms with Gasteiger partial charge in [0.15, 0.2) is 0 Å². The Labute approximate surface area is 148 Å². The normalized spacial score (nSPS) is 11.0. The lowest BCUT2D eigenvalue weighted by molar-refractivity contribution is -0.142. The van der Waals surface area contributed by atoms with Crippen molar-refractivity contribution in [3.63, 3.8) is 0 Å². The lowest BCUT2D eigenvalue weighted by Gasteiger charge is -2.13. The molecule has 2 N–H and O–H groups in total. The minimum atomic E-state index is -0.500. The molecule has 0 aromatic heterocycles. The third kappa shape index (κ3) is 6.02. The highest BCUT2D eigenvalue weighted by atomic mass is 19.1. The van der Waals surface area contributed by atoms with E-state index in [9.17, 15) is 14.3 Å². The molecular weight excluding hydrogens is 323 g/mol. The first kappa shape index (κ1) is 20.9. The molecule has 0 saturated heterocycles. The van der Waals surface area contributed by atoms with Crippen LogP contribution in [0.1, 0.15) is 44.4 Å². The zero-order valence-corrected chi connectivity index (χ0v) is 15.7. The van der Waals surface area contributed by atoms with E-state index >= 15 is 0 Å². The van der Waals surface area contributed by atoms with E-state index in [1.807, 2.05) is 6.92 Å². The number of halogens is 1. The molecule has 25 heavy (non-hydrogen) atoms. The third-order valence-electron chi connectivity index (χ3n) is 3.36. The quantitative estimate of drug-likeness (QED) is 0.815. The number of rotatable bonds is 3. The van der Waals surface area contributed by atoms with Crippen LogP contribution in [0, 0.1) is 19.7 Å². The van der Waals surface area contributed by atoms with Gasteiger partial charge in [-0.05, 0) is 53.2 Å². The molecule has 0 saturated carbocycles. The maximum atomic E-state index is 14.4. The maximum Gasteiger partial charge on any atom is 0.310 e. The van der Waals surface area contributed by atoms with E-state index in [2.05, 4.69) is 0 Å². The molecule has 0 fully saturated rings. The second kappa shape index (κ2) is 8.30. The summed E-state index contributed by atoms with van der Waals surface area (Å²) in [5, 5.41) is 19.6. The molecule has 0 aliphatic heterocycles. The summed E-state index contributed by atoms with van der Waals surface area (Å²) in [6.45, 7) is 10.6. The van der Waals surface area contributed by atoms with Crippen LogP contribution < -0.4 is 0 Å². The van der Waals surface area contributed by atoms with Gasteiger partial charge in [-0.25, -0.2) is 4.39 Å². The molecule has 4 nitrogen and oxygen atoms in total. The second-order valence-electron chi connectivity index (χ2n) is 6.97. The van der Waals surface area contributed by atoms with Crippen molar-refractivity contribution in [2.75, 3.05) is 6.61 Å². The molecule has 2 aromatic carbocycles. The minimum Gasteiger partial charge on any atom is -0.507 e. The number of hydrogen-bond acceptors (Lipinski definition) is 4. The number of aryl methyl sites for hydroxylation is 1. The van der Waals surface area contributed by atoms with Crippen molar-refractivity contribution in [2.24, 2.45) is 0 Å². The van der Waals surface area contributed by atoms with E-state index in [1.54, 1.807) is 52.8 Å². The van der Waals surface area contributed by atoms with Crippen molar-refractivity contribution in [2.45, 2.75) is 53.6 Å². The molecular formula is C20H27FO4. The van der Waals surface area contributed by atoms with Gasteiger partial charge in [0.05, 0.1) is 18.6 Å². The van der Waals surface area contributed by atoms with Crippen LogP contribution in [0.2, 0.25) is 0 Å². The molecule has 138 valence electrons. The molecule has 0 aliphatic rings. The van der Waals surface area contributed by atoms with E-state index in [0.29, 0.717) is 10.8 Å². The van der Waals surface area contributed by atoms with Gasteiger partial charge < -0.3 is 14.9 Å². The summed E-state index contributed by atoms with van der Waals surface area (Å²) in [7, 11) is 0. The number of carbonyl (C=O) groups is 1. The standard InChI is InChI=1S/C16H17FO3.C4H10O/c1-4-20-14(18)8-12-10(3)15(17)13-7-9(2)5-6-11(13)16(12)19;1-4(2,3)5/h5-7,19H,4,8H2,1-3H3;5H,1-3H3. The van der Waals surface area contributed by atoms with Crippen molar-refractivity contribution in [3.8, 4) is 5.75 Å². The molecule has 2 rings (SSSR count). The largest absolute Gasteiger partial charge is 0.507 e. The lowest BCUT2D eigenvalue weighted by atomic mass is 9.96. The molecule has 0 spiro atoms. The molecule has 0 aliphatic carbocycles. The number of aliphatic hydroxyl groups is 1. The number of esters is 1. The molecule has 0 bridgehead atoms. The van der Waals surface area contributed by atoms with Crippen LogP contribution in [0.4, 0.5) is 4.39 Å². The van der Waals surface area contributed by atoms with Crippen LogP contribution >= 0.6 is 0 Å². The minimum absolute atomic E-state index is 0.0491. The fraction of sp³-hybridized carbons (Fsp3) is 0.450. The van der Waals surface area contributed by atoms with Crippen molar-refractivity contribution < 1.29 is 24.1 Å². The highest BCUT2D eigenvalue weighted by Gasteiger charge is 2.19. The molecule has 0 atom stereocenters. The summed E-state index contributed by atoms with van der Waals surface area (Å²) in [6.07, 6.45) is -0.133. The summed E-state index contributed by atoms with van der Waals surface area (Å²) in [4.78, 5) is 11.6. The molecule has 0 amide bonds. The third-order valence-corrected chi connectivity index (χ3v) is 3.36. The van der Waals surface area contributed by atoms with Gasteiger partial charge in [0.2, 0.25) is 0 Å². The van der Waals surface area contributed by atoms with Crippen LogP contribution in [0.15, 0.2) is 18.2 Å². The summed E-state index contributed by atoms with van der Waals surface area (Å²) < 4.78 is 19.2. The zero-order valence-electron chi connectivity index (χ0n) is 15.7. The predicted molar refractivity (Wildman–Crippen MR) is 97.4 cm³/mol. The van der Waals surface area contributed by atoms with Crippen molar-refractivity contribution in [3.05, 3.63) is 40.7 Å². The summed E-state index contributed by atoms with van der Waals surface area (Å²) in [5.74, 6) is -0.926. The van der Waals surface area contributed by atoms with Gasteiger partial charge in [-0.15, -0.1) is 0 Å².